The lowest BCUT2D eigenvalue weighted by molar-refractivity contribution is 0.0909. The number of halogens is 2. The fourth-order valence-corrected chi connectivity index (χ4v) is 3.56. The molecule has 0 spiro atoms. The summed E-state index contributed by atoms with van der Waals surface area (Å²) in [7, 11) is 0. The van der Waals surface area contributed by atoms with E-state index in [-0.39, 0.29) is 30.7 Å². The molecule has 1 saturated carbocycles. The van der Waals surface area contributed by atoms with Crippen molar-refractivity contribution in [2.24, 2.45) is 0 Å². The van der Waals surface area contributed by atoms with Crippen LogP contribution in [-0.2, 0) is 6.42 Å². The number of carbonyl (C=O) groups excluding carboxylic acids is 1. The van der Waals surface area contributed by atoms with Gasteiger partial charge in [-0.25, -0.2) is 0 Å². The van der Waals surface area contributed by atoms with Gasteiger partial charge in [-0.3, -0.25) is 4.79 Å². The van der Waals surface area contributed by atoms with Crippen molar-refractivity contribution in [2.45, 2.75) is 44.2 Å². The van der Waals surface area contributed by atoms with Crippen LogP contribution in [0, 0.1) is 0 Å². The minimum atomic E-state index is 0. The van der Waals surface area contributed by atoms with Crippen molar-refractivity contribution in [1.82, 2.24) is 10.2 Å². The second-order valence-corrected chi connectivity index (χ2v) is 6.56. The monoisotopic (exact) mass is 357 g/mol. The van der Waals surface area contributed by atoms with E-state index >= 15 is 0 Å². The van der Waals surface area contributed by atoms with Crippen molar-refractivity contribution in [3.8, 4) is 0 Å². The molecule has 0 atom stereocenters. The highest BCUT2D eigenvalue weighted by Crippen LogP contribution is 2.29. The first-order chi connectivity index (χ1) is 10.3. The second-order valence-electron chi connectivity index (χ2n) is 6.56. The number of likely N-dealkylation sites (tertiary alicyclic amines) is 1. The van der Waals surface area contributed by atoms with Crippen molar-refractivity contribution in [1.29, 1.82) is 0 Å². The SMILES string of the molecule is Cl.Cl.O=C(NC1CCN(C2CC2)CC1)c1ccc2c(c1)CCN2. The quantitative estimate of drug-likeness (QED) is 0.873. The average Bonchev–Trinajstić information content (AvgIpc) is 3.25. The zero-order chi connectivity index (χ0) is 14.2. The Morgan fingerprint density at radius 2 is 1.87 bits per heavy atom. The van der Waals surface area contributed by atoms with Gasteiger partial charge in [-0.05, 0) is 55.9 Å². The predicted molar refractivity (Wildman–Crippen MR) is 98.2 cm³/mol. The maximum absolute atomic E-state index is 12.4. The number of fused-ring (bicyclic) bond motifs is 1. The Hall–Kier alpha value is -0.970. The summed E-state index contributed by atoms with van der Waals surface area (Å²) in [5.74, 6) is 0.0922. The molecule has 1 amide bonds. The Morgan fingerprint density at radius 1 is 1.13 bits per heavy atom. The van der Waals surface area contributed by atoms with E-state index in [9.17, 15) is 4.79 Å². The van der Waals surface area contributed by atoms with E-state index in [4.69, 9.17) is 0 Å². The molecule has 128 valence electrons. The fraction of sp³-hybridized carbons (Fsp3) is 0.588. The van der Waals surface area contributed by atoms with Crippen molar-refractivity contribution >= 4 is 36.4 Å². The van der Waals surface area contributed by atoms with Gasteiger partial charge in [-0.15, -0.1) is 24.8 Å². The molecule has 23 heavy (non-hydrogen) atoms. The number of amides is 1. The smallest absolute Gasteiger partial charge is 0.251 e. The van der Waals surface area contributed by atoms with Crippen LogP contribution in [-0.4, -0.2) is 42.5 Å². The van der Waals surface area contributed by atoms with Crippen LogP contribution >= 0.6 is 24.8 Å². The van der Waals surface area contributed by atoms with Gasteiger partial charge in [-0.2, -0.15) is 0 Å². The first kappa shape index (κ1) is 18.4. The Balaban J connectivity index is 0.000000960. The molecule has 2 heterocycles. The van der Waals surface area contributed by atoms with Crippen LogP contribution in [0.5, 0.6) is 0 Å². The van der Waals surface area contributed by atoms with E-state index in [1.54, 1.807) is 0 Å². The summed E-state index contributed by atoms with van der Waals surface area (Å²) in [6.07, 6.45) is 5.96. The third-order valence-electron chi connectivity index (χ3n) is 5.01. The molecule has 4 rings (SSSR count). The van der Waals surface area contributed by atoms with Crippen LogP contribution in [0.25, 0.3) is 0 Å². The minimum Gasteiger partial charge on any atom is -0.384 e. The van der Waals surface area contributed by atoms with Gasteiger partial charge in [0.15, 0.2) is 0 Å². The van der Waals surface area contributed by atoms with Gasteiger partial charge in [0.25, 0.3) is 5.91 Å². The lowest BCUT2D eigenvalue weighted by Gasteiger charge is -2.32. The molecular formula is C17H25Cl2N3O. The lowest BCUT2D eigenvalue weighted by atomic mass is 10.0. The highest BCUT2D eigenvalue weighted by molar-refractivity contribution is 5.95. The highest BCUT2D eigenvalue weighted by Gasteiger charge is 2.32. The number of carbonyl (C=O) groups is 1. The topological polar surface area (TPSA) is 44.4 Å². The zero-order valence-corrected chi connectivity index (χ0v) is 14.8. The zero-order valence-electron chi connectivity index (χ0n) is 13.2. The van der Waals surface area contributed by atoms with E-state index in [1.807, 2.05) is 18.2 Å². The number of nitrogens with one attached hydrogen (secondary N) is 2. The van der Waals surface area contributed by atoms with Gasteiger partial charge in [0, 0.05) is 43.0 Å². The van der Waals surface area contributed by atoms with Crippen molar-refractivity contribution in [2.75, 3.05) is 25.0 Å². The summed E-state index contributed by atoms with van der Waals surface area (Å²) < 4.78 is 0. The van der Waals surface area contributed by atoms with Gasteiger partial charge >= 0.3 is 0 Å². The van der Waals surface area contributed by atoms with Crippen LogP contribution < -0.4 is 10.6 Å². The third-order valence-corrected chi connectivity index (χ3v) is 5.01. The molecular weight excluding hydrogens is 333 g/mol. The maximum Gasteiger partial charge on any atom is 0.251 e. The van der Waals surface area contributed by atoms with Crippen molar-refractivity contribution < 1.29 is 4.79 Å². The molecule has 1 aromatic rings. The molecule has 1 aliphatic carbocycles. The predicted octanol–water partition coefficient (Wildman–Crippen LogP) is 2.85. The number of hydrogen-bond acceptors (Lipinski definition) is 3. The van der Waals surface area contributed by atoms with E-state index < -0.39 is 0 Å². The number of anilines is 1. The average molecular weight is 358 g/mol. The normalized spacial score (nSPS) is 20.7. The Bertz CT molecular complexity index is 555. The molecule has 1 saturated heterocycles. The largest absolute Gasteiger partial charge is 0.384 e. The molecule has 6 heteroatoms. The molecule has 2 fully saturated rings. The summed E-state index contributed by atoms with van der Waals surface area (Å²) in [5.41, 5.74) is 3.26. The summed E-state index contributed by atoms with van der Waals surface area (Å²) in [6, 6.07) is 7.22. The molecule has 4 nitrogen and oxygen atoms in total. The highest BCUT2D eigenvalue weighted by atomic mass is 35.5. The van der Waals surface area contributed by atoms with E-state index in [0.29, 0.717) is 6.04 Å². The Kier molecular flexibility index (Phi) is 6.18. The number of piperidine rings is 1. The van der Waals surface area contributed by atoms with Crippen LogP contribution in [0.3, 0.4) is 0 Å². The molecule has 2 aliphatic heterocycles. The van der Waals surface area contributed by atoms with Crippen molar-refractivity contribution in [3.05, 3.63) is 29.3 Å². The number of rotatable bonds is 3. The maximum atomic E-state index is 12.4. The Labute approximate surface area is 150 Å². The van der Waals surface area contributed by atoms with Gasteiger partial charge in [0.05, 0.1) is 0 Å². The number of benzene rings is 1. The summed E-state index contributed by atoms with van der Waals surface area (Å²) in [5, 5.41) is 6.55. The first-order valence-corrected chi connectivity index (χ1v) is 8.21. The van der Waals surface area contributed by atoms with Crippen LogP contribution in [0.15, 0.2) is 18.2 Å². The molecule has 0 aromatic heterocycles. The van der Waals surface area contributed by atoms with Crippen molar-refractivity contribution in [3.63, 3.8) is 0 Å². The molecule has 0 radical (unpaired) electrons. The fourth-order valence-electron chi connectivity index (χ4n) is 3.56. The molecule has 2 N–H and O–H groups in total. The summed E-state index contributed by atoms with van der Waals surface area (Å²) in [6.45, 7) is 3.27. The first-order valence-electron chi connectivity index (χ1n) is 8.21. The molecule has 0 bridgehead atoms. The van der Waals surface area contributed by atoms with Gasteiger partial charge in [0.1, 0.15) is 0 Å². The van der Waals surface area contributed by atoms with Gasteiger partial charge in [-0.1, -0.05) is 0 Å². The van der Waals surface area contributed by atoms with Gasteiger partial charge in [0.2, 0.25) is 0 Å². The van der Waals surface area contributed by atoms with Crippen LogP contribution in [0.1, 0.15) is 41.6 Å². The van der Waals surface area contributed by atoms with E-state index in [1.165, 1.54) is 24.1 Å². The Morgan fingerprint density at radius 3 is 2.57 bits per heavy atom. The van der Waals surface area contributed by atoms with Crippen LogP contribution in [0.4, 0.5) is 5.69 Å². The summed E-state index contributed by atoms with van der Waals surface area (Å²) in [4.78, 5) is 15.0. The number of hydrogen-bond donors (Lipinski definition) is 2. The van der Waals surface area contributed by atoms with Crippen LogP contribution in [0.2, 0.25) is 0 Å². The van der Waals surface area contributed by atoms with E-state index in [0.717, 1.165) is 50.5 Å². The number of nitrogens with zero attached hydrogens (tertiary/aromatic N) is 1. The second kappa shape index (κ2) is 7.73. The third kappa shape index (κ3) is 4.11. The molecule has 0 unspecified atom stereocenters. The molecule has 3 aliphatic rings. The summed E-state index contributed by atoms with van der Waals surface area (Å²) >= 11 is 0. The lowest BCUT2D eigenvalue weighted by Crippen LogP contribution is -2.45. The standard InChI is InChI=1S/C17H23N3O.2ClH/c21-17(13-1-4-16-12(11-13)5-8-18-16)19-14-6-9-20(10-7-14)15-2-3-15;;/h1,4,11,14-15,18H,2-3,5-10H2,(H,19,21);2*1H. The van der Waals surface area contributed by atoms with Gasteiger partial charge < -0.3 is 15.5 Å². The minimum absolute atomic E-state index is 0. The molecule has 1 aromatic carbocycles. The van der Waals surface area contributed by atoms with E-state index in [2.05, 4.69) is 15.5 Å².